The van der Waals surface area contributed by atoms with Gasteiger partial charge in [0.15, 0.2) is 0 Å². The highest BCUT2D eigenvalue weighted by molar-refractivity contribution is 5.90. The van der Waals surface area contributed by atoms with Crippen LogP contribution in [0.1, 0.15) is 20.3 Å². The van der Waals surface area contributed by atoms with Crippen molar-refractivity contribution >= 4 is 5.97 Å². The van der Waals surface area contributed by atoms with E-state index in [1.54, 1.807) is 13.0 Å². The topological polar surface area (TPSA) is 46.5 Å². The quantitative estimate of drug-likeness (QED) is 0.328. The van der Waals surface area contributed by atoms with Gasteiger partial charge in [0, 0.05) is 6.42 Å². The molecule has 1 N–H and O–H groups in total. The molecule has 0 radical (unpaired) electrons. The van der Waals surface area contributed by atoms with Crippen LogP contribution < -0.4 is 0 Å². The molecule has 0 fully saturated rings. The Balaban J connectivity index is 2.91. The van der Waals surface area contributed by atoms with E-state index in [1.165, 1.54) is 6.92 Å². The maximum atomic E-state index is 11.0. The Labute approximate surface area is 65.0 Å². The van der Waals surface area contributed by atoms with Crippen molar-refractivity contribution in [3.63, 3.8) is 0 Å². The summed E-state index contributed by atoms with van der Waals surface area (Å²) in [5.41, 5.74) is 0.343. The molecule has 1 heterocycles. The Morgan fingerprint density at radius 1 is 1.73 bits per heavy atom. The number of aliphatic hydroxyl groups excluding tert-OH is 1. The molecule has 0 aliphatic carbocycles. The first kappa shape index (κ1) is 7.85. The van der Waals surface area contributed by atoms with Gasteiger partial charge in [0.1, 0.15) is 5.76 Å². The number of esters is 1. The second kappa shape index (κ2) is 2.78. The third-order valence-electron chi connectivity index (χ3n) is 1.53. The van der Waals surface area contributed by atoms with Crippen molar-refractivity contribution in [1.82, 2.24) is 0 Å². The van der Waals surface area contributed by atoms with Crippen molar-refractivity contribution in [3.05, 3.63) is 23.2 Å². The third kappa shape index (κ3) is 1.61. The number of carbonyl (C=O) groups is 1. The number of cyclic esters (lactones) is 1. The number of hydrogen-bond acceptors (Lipinski definition) is 3. The molecule has 0 atom stereocenters. The van der Waals surface area contributed by atoms with Crippen molar-refractivity contribution in [3.8, 4) is 0 Å². The maximum absolute atomic E-state index is 11.0. The molecule has 0 saturated heterocycles. The van der Waals surface area contributed by atoms with Crippen LogP contribution in [0.2, 0.25) is 0 Å². The Morgan fingerprint density at radius 3 is 2.82 bits per heavy atom. The van der Waals surface area contributed by atoms with E-state index < -0.39 is 5.97 Å². The minimum absolute atomic E-state index is 0.0405. The van der Waals surface area contributed by atoms with E-state index in [-0.39, 0.29) is 5.76 Å². The van der Waals surface area contributed by atoms with Crippen LogP contribution in [0.25, 0.3) is 0 Å². The summed E-state index contributed by atoms with van der Waals surface area (Å²) in [6.45, 7) is 3.19. The van der Waals surface area contributed by atoms with Gasteiger partial charge in [0.25, 0.3) is 0 Å². The molecular formula is C8H10O3. The third-order valence-corrected chi connectivity index (χ3v) is 1.53. The lowest BCUT2D eigenvalue weighted by atomic mass is 10.1. The van der Waals surface area contributed by atoms with Crippen LogP contribution in [0.4, 0.5) is 0 Å². The lowest BCUT2D eigenvalue weighted by Gasteiger charge is -2.12. The summed E-state index contributed by atoms with van der Waals surface area (Å²) in [7, 11) is 0. The SMILES string of the molecule is CC1=CCC(=C(C)O)C(=O)O1. The van der Waals surface area contributed by atoms with Crippen LogP contribution in [0, 0.1) is 0 Å². The summed E-state index contributed by atoms with van der Waals surface area (Å²) in [6, 6.07) is 0. The van der Waals surface area contributed by atoms with E-state index in [0.29, 0.717) is 17.8 Å². The average Bonchev–Trinajstić information content (AvgIpc) is 1.85. The lowest BCUT2D eigenvalue weighted by molar-refractivity contribution is -0.135. The Kier molecular flexibility index (Phi) is 1.98. The molecule has 1 aliphatic rings. The second-order valence-corrected chi connectivity index (χ2v) is 2.47. The van der Waals surface area contributed by atoms with Crippen molar-refractivity contribution in [1.29, 1.82) is 0 Å². The molecule has 3 nitrogen and oxygen atoms in total. The van der Waals surface area contributed by atoms with Gasteiger partial charge in [-0.25, -0.2) is 4.79 Å². The zero-order chi connectivity index (χ0) is 8.43. The van der Waals surface area contributed by atoms with Crippen LogP contribution in [0.5, 0.6) is 0 Å². The number of hydrogen-bond donors (Lipinski definition) is 1. The maximum Gasteiger partial charge on any atom is 0.342 e. The molecule has 0 aromatic rings. The molecule has 1 rings (SSSR count). The van der Waals surface area contributed by atoms with Crippen LogP contribution >= 0.6 is 0 Å². The molecule has 0 amide bonds. The van der Waals surface area contributed by atoms with Crippen molar-refractivity contribution < 1.29 is 14.6 Å². The van der Waals surface area contributed by atoms with Crippen molar-refractivity contribution in [2.24, 2.45) is 0 Å². The highest BCUT2D eigenvalue weighted by Crippen LogP contribution is 2.18. The van der Waals surface area contributed by atoms with Gasteiger partial charge in [-0.3, -0.25) is 0 Å². The molecule has 0 saturated carbocycles. The van der Waals surface area contributed by atoms with Crippen LogP contribution in [0.15, 0.2) is 23.2 Å². The fourth-order valence-electron chi connectivity index (χ4n) is 0.874. The van der Waals surface area contributed by atoms with Crippen molar-refractivity contribution in [2.45, 2.75) is 20.3 Å². The molecule has 0 aromatic carbocycles. The van der Waals surface area contributed by atoms with Gasteiger partial charge in [-0.1, -0.05) is 0 Å². The highest BCUT2D eigenvalue weighted by Gasteiger charge is 2.18. The van der Waals surface area contributed by atoms with Gasteiger partial charge < -0.3 is 9.84 Å². The average molecular weight is 154 g/mol. The summed E-state index contributed by atoms with van der Waals surface area (Å²) in [4.78, 5) is 11.0. The molecule has 0 bridgehead atoms. The number of carbonyl (C=O) groups excluding carboxylic acids is 1. The Bertz CT molecular complexity index is 244. The van der Waals surface area contributed by atoms with Gasteiger partial charge in [0.05, 0.1) is 11.3 Å². The first-order chi connectivity index (χ1) is 5.11. The Morgan fingerprint density at radius 2 is 2.36 bits per heavy atom. The number of rotatable bonds is 0. The first-order valence-corrected chi connectivity index (χ1v) is 3.39. The first-order valence-electron chi connectivity index (χ1n) is 3.39. The fourth-order valence-corrected chi connectivity index (χ4v) is 0.874. The summed E-state index contributed by atoms with van der Waals surface area (Å²) >= 11 is 0. The van der Waals surface area contributed by atoms with Crippen LogP contribution in [-0.4, -0.2) is 11.1 Å². The lowest BCUT2D eigenvalue weighted by Crippen LogP contribution is -2.12. The monoisotopic (exact) mass is 154 g/mol. The molecule has 1 aliphatic heterocycles. The molecule has 3 heteroatoms. The molecule has 0 unspecified atom stereocenters. The summed E-state index contributed by atoms with van der Waals surface area (Å²) in [6.07, 6.45) is 2.23. The number of allylic oxidation sites excluding steroid dienone is 3. The predicted molar refractivity (Wildman–Crippen MR) is 39.8 cm³/mol. The van der Waals surface area contributed by atoms with Gasteiger partial charge in [-0.2, -0.15) is 0 Å². The summed E-state index contributed by atoms with van der Waals surface area (Å²) in [5, 5.41) is 8.98. The molecule has 11 heavy (non-hydrogen) atoms. The minimum Gasteiger partial charge on any atom is -0.512 e. The van der Waals surface area contributed by atoms with Gasteiger partial charge in [-0.15, -0.1) is 0 Å². The highest BCUT2D eigenvalue weighted by atomic mass is 16.5. The molecular weight excluding hydrogens is 144 g/mol. The van der Waals surface area contributed by atoms with E-state index >= 15 is 0 Å². The largest absolute Gasteiger partial charge is 0.512 e. The zero-order valence-corrected chi connectivity index (χ0v) is 6.55. The van der Waals surface area contributed by atoms with E-state index in [9.17, 15) is 4.79 Å². The fraction of sp³-hybridized carbons (Fsp3) is 0.375. The normalized spacial score (nSPS) is 22.4. The standard InChI is InChI=1S/C8H10O3/c1-5-3-4-7(6(2)9)8(10)11-5/h3,9H,4H2,1-2H3. The second-order valence-electron chi connectivity index (χ2n) is 2.47. The molecule has 0 spiro atoms. The molecule has 60 valence electrons. The zero-order valence-electron chi connectivity index (χ0n) is 6.55. The van der Waals surface area contributed by atoms with Gasteiger partial charge in [0.2, 0.25) is 0 Å². The summed E-state index contributed by atoms with van der Waals surface area (Å²) < 4.78 is 4.76. The molecule has 0 aromatic heterocycles. The van der Waals surface area contributed by atoms with Gasteiger partial charge in [-0.05, 0) is 19.9 Å². The van der Waals surface area contributed by atoms with Crippen LogP contribution in [0.3, 0.4) is 0 Å². The number of ether oxygens (including phenoxy) is 1. The summed E-state index contributed by atoms with van der Waals surface area (Å²) in [5.74, 6) is 0.198. The van der Waals surface area contributed by atoms with Crippen LogP contribution in [-0.2, 0) is 9.53 Å². The van der Waals surface area contributed by atoms with Gasteiger partial charge >= 0.3 is 5.97 Å². The predicted octanol–water partition coefficient (Wildman–Crippen LogP) is 1.67. The smallest absolute Gasteiger partial charge is 0.342 e. The number of aliphatic hydroxyl groups is 1. The van der Waals surface area contributed by atoms with E-state index in [2.05, 4.69) is 0 Å². The minimum atomic E-state index is -0.440. The van der Waals surface area contributed by atoms with E-state index in [1.807, 2.05) is 0 Å². The Hall–Kier alpha value is -1.25. The van der Waals surface area contributed by atoms with Crippen molar-refractivity contribution in [2.75, 3.05) is 0 Å². The van der Waals surface area contributed by atoms with E-state index in [4.69, 9.17) is 9.84 Å². The van der Waals surface area contributed by atoms with E-state index in [0.717, 1.165) is 0 Å².